The zero-order valence-corrected chi connectivity index (χ0v) is 17.8. The minimum Gasteiger partial charge on any atom is -0.495 e. The SMILES string of the molecule is COc1cccc(C(=O)N2CCN3C[C@@](O)(c4ccc(Cl)cc4)CC[C@@H]3C2)c1Cl. The molecular formula is C22H24Cl2N2O3. The summed E-state index contributed by atoms with van der Waals surface area (Å²) in [5.74, 6) is 0.425. The van der Waals surface area contributed by atoms with Crippen molar-refractivity contribution in [2.24, 2.45) is 0 Å². The number of carbonyl (C=O) groups excluding carboxylic acids is 1. The van der Waals surface area contributed by atoms with Crippen LogP contribution in [0.1, 0.15) is 28.8 Å². The molecule has 0 aromatic heterocycles. The molecule has 7 heteroatoms. The van der Waals surface area contributed by atoms with Crippen LogP contribution in [0.4, 0.5) is 0 Å². The molecule has 2 aliphatic heterocycles. The van der Waals surface area contributed by atoms with E-state index in [1.807, 2.05) is 29.2 Å². The summed E-state index contributed by atoms with van der Waals surface area (Å²) in [6, 6.07) is 12.9. The lowest BCUT2D eigenvalue weighted by Crippen LogP contribution is -2.60. The fourth-order valence-electron chi connectivity index (χ4n) is 4.38. The Bertz CT molecular complexity index is 905. The predicted molar refractivity (Wildman–Crippen MR) is 114 cm³/mol. The van der Waals surface area contributed by atoms with E-state index >= 15 is 0 Å². The van der Waals surface area contributed by atoms with Gasteiger partial charge in [0, 0.05) is 37.2 Å². The third kappa shape index (κ3) is 3.97. The summed E-state index contributed by atoms with van der Waals surface area (Å²) in [6.45, 7) is 2.50. The van der Waals surface area contributed by atoms with Gasteiger partial charge in [-0.15, -0.1) is 0 Å². The van der Waals surface area contributed by atoms with Gasteiger partial charge in [0.15, 0.2) is 0 Å². The maximum atomic E-state index is 13.0. The van der Waals surface area contributed by atoms with Crippen LogP contribution in [0.3, 0.4) is 0 Å². The average Bonchev–Trinajstić information content (AvgIpc) is 2.73. The second-order valence-electron chi connectivity index (χ2n) is 7.77. The van der Waals surface area contributed by atoms with Gasteiger partial charge < -0.3 is 14.7 Å². The predicted octanol–water partition coefficient (Wildman–Crippen LogP) is 3.81. The van der Waals surface area contributed by atoms with Crippen molar-refractivity contribution in [1.29, 1.82) is 0 Å². The molecule has 5 nitrogen and oxygen atoms in total. The first-order chi connectivity index (χ1) is 13.9. The molecule has 2 atom stereocenters. The first-order valence-corrected chi connectivity index (χ1v) is 10.5. The Labute approximate surface area is 180 Å². The third-order valence-electron chi connectivity index (χ3n) is 6.04. The van der Waals surface area contributed by atoms with Gasteiger partial charge in [0.2, 0.25) is 0 Å². The fourth-order valence-corrected chi connectivity index (χ4v) is 4.79. The number of carbonyl (C=O) groups is 1. The number of ether oxygens (including phenoxy) is 1. The lowest BCUT2D eigenvalue weighted by molar-refractivity contribution is -0.0740. The number of halogens is 2. The van der Waals surface area contributed by atoms with Crippen LogP contribution in [-0.2, 0) is 5.60 Å². The molecule has 0 spiro atoms. The Hall–Kier alpha value is -1.79. The van der Waals surface area contributed by atoms with Crippen LogP contribution < -0.4 is 4.74 Å². The third-order valence-corrected chi connectivity index (χ3v) is 6.68. The minimum absolute atomic E-state index is 0.0768. The van der Waals surface area contributed by atoms with Crippen LogP contribution >= 0.6 is 23.2 Å². The largest absolute Gasteiger partial charge is 0.495 e. The van der Waals surface area contributed by atoms with Crippen LogP contribution in [0.5, 0.6) is 5.75 Å². The highest BCUT2D eigenvalue weighted by Gasteiger charge is 2.42. The molecule has 2 aromatic rings. The van der Waals surface area contributed by atoms with Gasteiger partial charge in [0.05, 0.1) is 17.7 Å². The van der Waals surface area contributed by atoms with Crippen molar-refractivity contribution in [1.82, 2.24) is 9.80 Å². The number of piperazine rings is 1. The van der Waals surface area contributed by atoms with Gasteiger partial charge in [-0.1, -0.05) is 41.4 Å². The van der Waals surface area contributed by atoms with Crippen LogP contribution in [0, 0.1) is 0 Å². The number of methoxy groups -OCH3 is 1. The van der Waals surface area contributed by atoms with Crippen LogP contribution in [0.2, 0.25) is 10.0 Å². The first-order valence-electron chi connectivity index (χ1n) is 9.75. The molecule has 0 saturated carbocycles. The Morgan fingerprint density at radius 2 is 1.93 bits per heavy atom. The molecule has 2 saturated heterocycles. The number of benzene rings is 2. The molecule has 2 aliphatic rings. The Kier molecular flexibility index (Phi) is 5.76. The van der Waals surface area contributed by atoms with Gasteiger partial charge in [-0.25, -0.2) is 0 Å². The number of hydrogen-bond acceptors (Lipinski definition) is 4. The topological polar surface area (TPSA) is 53.0 Å². The average molecular weight is 435 g/mol. The molecule has 29 heavy (non-hydrogen) atoms. The van der Waals surface area contributed by atoms with Crippen molar-refractivity contribution in [3.05, 3.63) is 63.6 Å². The minimum atomic E-state index is -0.886. The van der Waals surface area contributed by atoms with Crippen LogP contribution in [0.15, 0.2) is 42.5 Å². The highest BCUT2D eigenvalue weighted by molar-refractivity contribution is 6.35. The van der Waals surface area contributed by atoms with Gasteiger partial charge >= 0.3 is 0 Å². The van der Waals surface area contributed by atoms with E-state index in [9.17, 15) is 9.90 Å². The molecule has 154 valence electrons. The number of nitrogens with zero attached hydrogens (tertiary/aromatic N) is 2. The molecule has 0 aliphatic carbocycles. The van der Waals surface area contributed by atoms with Crippen molar-refractivity contribution >= 4 is 29.1 Å². The Balaban J connectivity index is 1.46. The van der Waals surface area contributed by atoms with E-state index in [-0.39, 0.29) is 11.9 Å². The van der Waals surface area contributed by atoms with Gasteiger partial charge in [-0.05, 0) is 42.7 Å². The van der Waals surface area contributed by atoms with E-state index in [4.69, 9.17) is 27.9 Å². The summed E-state index contributed by atoms with van der Waals surface area (Å²) < 4.78 is 5.23. The molecule has 2 heterocycles. The highest BCUT2D eigenvalue weighted by Crippen LogP contribution is 2.36. The Morgan fingerprint density at radius 3 is 2.66 bits per heavy atom. The van der Waals surface area contributed by atoms with Crippen LogP contribution in [0.25, 0.3) is 0 Å². The van der Waals surface area contributed by atoms with E-state index in [0.29, 0.717) is 54.0 Å². The zero-order valence-electron chi connectivity index (χ0n) is 16.3. The van der Waals surface area contributed by atoms with Gasteiger partial charge in [-0.3, -0.25) is 9.69 Å². The van der Waals surface area contributed by atoms with E-state index < -0.39 is 5.60 Å². The van der Waals surface area contributed by atoms with Crippen molar-refractivity contribution in [2.75, 3.05) is 33.3 Å². The zero-order chi connectivity index (χ0) is 20.6. The summed E-state index contributed by atoms with van der Waals surface area (Å²) >= 11 is 12.3. The summed E-state index contributed by atoms with van der Waals surface area (Å²) in [4.78, 5) is 17.2. The van der Waals surface area contributed by atoms with Gasteiger partial charge in [-0.2, -0.15) is 0 Å². The Morgan fingerprint density at radius 1 is 1.17 bits per heavy atom. The molecule has 2 fully saturated rings. The smallest absolute Gasteiger partial charge is 0.255 e. The second-order valence-corrected chi connectivity index (χ2v) is 8.59. The summed E-state index contributed by atoms with van der Waals surface area (Å²) in [6.07, 6.45) is 1.46. The standard InChI is InChI=1S/C22H24Cl2N2O3/c1-29-19-4-2-3-18(20(19)24)21(27)25-11-12-26-14-22(28,10-9-17(26)13-25)15-5-7-16(23)8-6-15/h2-8,17,28H,9-14H2,1H3/t17-,22-/m1/s1. The molecule has 1 amide bonds. The van der Waals surface area contributed by atoms with Crippen LogP contribution in [-0.4, -0.2) is 60.1 Å². The quantitative estimate of drug-likeness (QED) is 0.797. The number of rotatable bonds is 3. The molecule has 0 unspecified atom stereocenters. The van der Waals surface area contributed by atoms with Crippen molar-refractivity contribution in [2.45, 2.75) is 24.5 Å². The second kappa shape index (κ2) is 8.15. The van der Waals surface area contributed by atoms with E-state index in [1.165, 1.54) is 7.11 Å². The van der Waals surface area contributed by atoms with Crippen molar-refractivity contribution < 1.29 is 14.6 Å². The highest BCUT2D eigenvalue weighted by atomic mass is 35.5. The molecular weight excluding hydrogens is 411 g/mol. The molecule has 4 rings (SSSR count). The molecule has 1 N–H and O–H groups in total. The molecule has 0 bridgehead atoms. The number of hydrogen-bond donors (Lipinski definition) is 1. The number of fused-ring (bicyclic) bond motifs is 1. The van der Waals surface area contributed by atoms with Crippen molar-refractivity contribution in [3.63, 3.8) is 0 Å². The first kappa shape index (κ1) is 20.5. The van der Waals surface area contributed by atoms with E-state index in [0.717, 1.165) is 12.0 Å². The number of piperidine rings is 1. The lowest BCUT2D eigenvalue weighted by Gasteiger charge is -2.49. The van der Waals surface area contributed by atoms with E-state index in [2.05, 4.69) is 4.90 Å². The monoisotopic (exact) mass is 434 g/mol. The molecule has 2 aromatic carbocycles. The number of aliphatic hydroxyl groups is 1. The van der Waals surface area contributed by atoms with Gasteiger partial charge in [0.25, 0.3) is 5.91 Å². The van der Waals surface area contributed by atoms with Crippen molar-refractivity contribution in [3.8, 4) is 5.75 Å². The normalized spacial score (nSPS) is 24.8. The lowest BCUT2D eigenvalue weighted by atomic mass is 9.82. The summed E-state index contributed by atoms with van der Waals surface area (Å²) in [5.41, 5.74) is 0.471. The summed E-state index contributed by atoms with van der Waals surface area (Å²) in [7, 11) is 1.54. The van der Waals surface area contributed by atoms with Gasteiger partial charge in [0.1, 0.15) is 11.4 Å². The summed E-state index contributed by atoms with van der Waals surface area (Å²) in [5, 5.41) is 12.2. The molecule has 0 radical (unpaired) electrons. The maximum Gasteiger partial charge on any atom is 0.255 e. The van der Waals surface area contributed by atoms with E-state index in [1.54, 1.807) is 18.2 Å². The maximum absolute atomic E-state index is 13.0. The number of amides is 1. The fraction of sp³-hybridized carbons (Fsp3) is 0.409.